The minimum Gasteiger partial charge on any atom is -0.339 e. The third kappa shape index (κ3) is 4.42. The second-order valence-electron chi connectivity index (χ2n) is 8.25. The minimum absolute atomic E-state index is 0.00298. The number of anilines is 1. The summed E-state index contributed by atoms with van der Waals surface area (Å²) in [5.41, 5.74) is 2.34. The Morgan fingerprint density at radius 1 is 1.06 bits per heavy atom. The van der Waals surface area contributed by atoms with Gasteiger partial charge in [0.15, 0.2) is 0 Å². The summed E-state index contributed by atoms with van der Waals surface area (Å²) in [5.74, 6) is -0.760. The lowest BCUT2D eigenvalue weighted by atomic mass is 9.94. The predicted molar refractivity (Wildman–Crippen MR) is 122 cm³/mol. The molecule has 1 heterocycles. The highest BCUT2D eigenvalue weighted by Gasteiger charge is 2.23. The first-order valence-corrected chi connectivity index (χ1v) is 10.9. The lowest BCUT2D eigenvalue weighted by Crippen LogP contribution is -2.38. The molecular formula is C25H27FN4O2. The summed E-state index contributed by atoms with van der Waals surface area (Å²) in [6.07, 6.45) is 7.10. The largest absolute Gasteiger partial charge is 0.339 e. The molecule has 0 bridgehead atoms. The molecule has 166 valence electrons. The molecule has 3 aromatic rings. The van der Waals surface area contributed by atoms with Crippen LogP contribution in [0.25, 0.3) is 5.69 Å². The highest BCUT2D eigenvalue weighted by atomic mass is 19.1. The fourth-order valence-electron chi connectivity index (χ4n) is 4.23. The lowest BCUT2D eigenvalue weighted by Gasteiger charge is -2.31. The van der Waals surface area contributed by atoms with E-state index in [1.807, 2.05) is 11.9 Å². The maximum absolute atomic E-state index is 14.1. The average molecular weight is 435 g/mol. The number of nitrogens with zero attached hydrogens (tertiary/aromatic N) is 3. The van der Waals surface area contributed by atoms with E-state index in [9.17, 15) is 14.0 Å². The number of halogens is 1. The van der Waals surface area contributed by atoms with Crippen LogP contribution in [0.15, 0.2) is 54.7 Å². The van der Waals surface area contributed by atoms with Gasteiger partial charge in [-0.1, -0.05) is 31.4 Å². The summed E-state index contributed by atoms with van der Waals surface area (Å²) in [4.78, 5) is 27.4. The van der Waals surface area contributed by atoms with Crippen LogP contribution in [0.4, 0.5) is 10.1 Å². The van der Waals surface area contributed by atoms with Crippen molar-refractivity contribution in [1.29, 1.82) is 0 Å². The first-order valence-electron chi connectivity index (χ1n) is 10.9. The maximum atomic E-state index is 14.1. The molecule has 0 spiro atoms. The minimum atomic E-state index is -0.413. The second kappa shape index (κ2) is 9.34. The van der Waals surface area contributed by atoms with Crippen LogP contribution in [0.5, 0.6) is 0 Å². The molecule has 1 saturated carbocycles. The molecule has 4 rings (SSSR count). The molecule has 1 aliphatic carbocycles. The number of carbonyl (C=O) groups is 2. The van der Waals surface area contributed by atoms with Crippen molar-refractivity contribution >= 4 is 17.5 Å². The van der Waals surface area contributed by atoms with Crippen molar-refractivity contribution in [2.24, 2.45) is 0 Å². The van der Waals surface area contributed by atoms with E-state index < -0.39 is 5.82 Å². The van der Waals surface area contributed by atoms with Crippen LogP contribution < -0.4 is 5.32 Å². The maximum Gasteiger partial charge on any atom is 0.259 e. The van der Waals surface area contributed by atoms with E-state index in [0.717, 1.165) is 12.8 Å². The van der Waals surface area contributed by atoms with Crippen LogP contribution in [-0.4, -0.2) is 39.6 Å². The van der Waals surface area contributed by atoms with E-state index >= 15 is 0 Å². The van der Waals surface area contributed by atoms with Gasteiger partial charge in [-0.2, -0.15) is 5.10 Å². The Bertz CT molecular complexity index is 1120. The molecule has 32 heavy (non-hydrogen) atoms. The SMILES string of the molecule is Cc1c(C(=O)Nc2ccc(C(=O)N(C)C3CCCCC3)cc2)cnn1-c1ccccc1F. The molecule has 1 N–H and O–H groups in total. The fraction of sp³-hybridized carbons (Fsp3) is 0.320. The average Bonchev–Trinajstić information content (AvgIpc) is 3.20. The first kappa shape index (κ1) is 21.7. The van der Waals surface area contributed by atoms with Gasteiger partial charge in [-0.25, -0.2) is 9.07 Å². The fourth-order valence-corrected chi connectivity index (χ4v) is 4.23. The number of rotatable bonds is 5. The molecule has 1 fully saturated rings. The number of para-hydroxylation sites is 1. The number of carbonyl (C=O) groups excluding carboxylic acids is 2. The van der Waals surface area contributed by atoms with Crippen molar-refractivity contribution in [1.82, 2.24) is 14.7 Å². The van der Waals surface area contributed by atoms with E-state index in [0.29, 0.717) is 28.6 Å². The van der Waals surface area contributed by atoms with Gasteiger partial charge in [0.05, 0.1) is 17.5 Å². The molecule has 0 atom stereocenters. The zero-order valence-corrected chi connectivity index (χ0v) is 18.3. The summed E-state index contributed by atoms with van der Waals surface area (Å²) in [7, 11) is 1.87. The summed E-state index contributed by atoms with van der Waals surface area (Å²) in [6, 6.07) is 13.5. The molecule has 0 saturated heterocycles. The van der Waals surface area contributed by atoms with Gasteiger partial charge >= 0.3 is 0 Å². The quantitative estimate of drug-likeness (QED) is 0.616. The molecule has 2 aromatic carbocycles. The number of hydrogen-bond acceptors (Lipinski definition) is 3. The lowest BCUT2D eigenvalue weighted by molar-refractivity contribution is 0.0696. The van der Waals surface area contributed by atoms with E-state index in [4.69, 9.17) is 0 Å². The third-order valence-corrected chi connectivity index (χ3v) is 6.17. The van der Waals surface area contributed by atoms with E-state index in [1.165, 1.54) is 36.2 Å². The van der Waals surface area contributed by atoms with Crippen LogP contribution in [0, 0.1) is 12.7 Å². The van der Waals surface area contributed by atoms with Gasteiger partial charge in [-0.3, -0.25) is 9.59 Å². The Labute approximate surface area is 187 Å². The van der Waals surface area contributed by atoms with Gasteiger partial charge in [0, 0.05) is 24.3 Å². The summed E-state index contributed by atoms with van der Waals surface area (Å²) < 4.78 is 15.5. The number of nitrogens with one attached hydrogen (secondary N) is 1. The predicted octanol–water partition coefficient (Wildman–Crippen LogP) is 4.98. The topological polar surface area (TPSA) is 67.2 Å². The van der Waals surface area contributed by atoms with Crippen molar-refractivity contribution < 1.29 is 14.0 Å². The number of aromatic nitrogens is 2. The Kier molecular flexibility index (Phi) is 6.35. The normalized spacial score (nSPS) is 14.2. The number of hydrogen-bond donors (Lipinski definition) is 1. The van der Waals surface area contributed by atoms with Crippen LogP contribution in [0.2, 0.25) is 0 Å². The Balaban J connectivity index is 1.44. The molecule has 0 radical (unpaired) electrons. The Hall–Kier alpha value is -3.48. The first-order chi connectivity index (χ1) is 15.5. The third-order valence-electron chi connectivity index (χ3n) is 6.17. The zero-order chi connectivity index (χ0) is 22.7. The molecule has 7 heteroatoms. The van der Waals surface area contributed by atoms with Gasteiger partial charge in [0.1, 0.15) is 11.5 Å². The standard InChI is InChI=1S/C25H27FN4O2/c1-17-21(16-27-30(17)23-11-7-6-10-22(23)26)24(31)28-19-14-12-18(13-15-19)25(32)29(2)20-8-4-3-5-9-20/h6-7,10-16,20H,3-5,8-9H2,1-2H3,(H,28,31). The van der Waals surface area contributed by atoms with Crippen molar-refractivity contribution in [2.45, 2.75) is 45.1 Å². The molecule has 0 unspecified atom stereocenters. The van der Waals surface area contributed by atoms with Crippen molar-refractivity contribution in [3.63, 3.8) is 0 Å². The van der Waals surface area contributed by atoms with Crippen molar-refractivity contribution in [3.05, 3.63) is 77.4 Å². The highest BCUT2D eigenvalue weighted by Crippen LogP contribution is 2.23. The van der Waals surface area contributed by atoms with E-state index in [-0.39, 0.29) is 17.5 Å². The monoisotopic (exact) mass is 434 g/mol. The molecule has 6 nitrogen and oxygen atoms in total. The zero-order valence-electron chi connectivity index (χ0n) is 18.3. The van der Waals surface area contributed by atoms with Gasteiger partial charge in [-0.15, -0.1) is 0 Å². The Morgan fingerprint density at radius 3 is 2.44 bits per heavy atom. The van der Waals surface area contributed by atoms with Gasteiger partial charge < -0.3 is 10.2 Å². The van der Waals surface area contributed by atoms with Crippen LogP contribution in [0.3, 0.4) is 0 Å². The molecule has 1 aromatic heterocycles. The summed E-state index contributed by atoms with van der Waals surface area (Å²) >= 11 is 0. The molecular weight excluding hydrogens is 407 g/mol. The Morgan fingerprint density at radius 2 is 1.75 bits per heavy atom. The van der Waals surface area contributed by atoms with Crippen LogP contribution in [0.1, 0.15) is 58.5 Å². The van der Waals surface area contributed by atoms with Crippen molar-refractivity contribution in [2.75, 3.05) is 12.4 Å². The summed E-state index contributed by atoms with van der Waals surface area (Å²) in [6.45, 7) is 1.72. The second-order valence-corrected chi connectivity index (χ2v) is 8.25. The molecule has 0 aliphatic heterocycles. The van der Waals surface area contributed by atoms with E-state index in [2.05, 4.69) is 10.4 Å². The van der Waals surface area contributed by atoms with Gasteiger partial charge in [0.2, 0.25) is 0 Å². The number of amides is 2. The highest BCUT2D eigenvalue weighted by molar-refractivity contribution is 6.05. The number of benzene rings is 2. The van der Waals surface area contributed by atoms with Gasteiger partial charge in [0.25, 0.3) is 11.8 Å². The van der Waals surface area contributed by atoms with Crippen molar-refractivity contribution in [3.8, 4) is 5.69 Å². The van der Waals surface area contributed by atoms with Gasteiger partial charge in [-0.05, 0) is 56.2 Å². The van der Waals surface area contributed by atoms with Crippen LogP contribution in [-0.2, 0) is 0 Å². The smallest absolute Gasteiger partial charge is 0.259 e. The summed E-state index contributed by atoms with van der Waals surface area (Å²) in [5, 5.41) is 7.00. The molecule has 2 amide bonds. The molecule has 1 aliphatic rings. The van der Waals surface area contributed by atoms with Crippen LogP contribution >= 0.6 is 0 Å². The van der Waals surface area contributed by atoms with E-state index in [1.54, 1.807) is 49.4 Å².